The van der Waals surface area contributed by atoms with E-state index in [0.29, 0.717) is 16.3 Å². The van der Waals surface area contributed by atoms with E-state index in [2.05, 4.69) is 47.7 Å². The number of halogens is 2. The van der Waals surface area contributed by atoms with E-state index in [9.17, 15) is 0 Å². The molecule has 0 saturated carbocycles. The highest BCUT2D eigenvalue weighted by Gasteiger charge is 2.26. The Kier molecular flexibility index (Phi) is 5.24. The molecule has 0 amide bonds. The van der Waals surface area contributed by atoms with Crippen molar-refractivity contribution in [3.05, 3.63) is 34.3 Å². The molecule has 0 aliphatic carbocycles. The number of fused-ring (bicyclic) bond motifs is 1. The van der Waals surface area contributed by atoms with Crippen molar-refractivity contribution < 1.29 is 4.74 Å². The predicted octanol–water partition coefficient (Wildman–Crippen LogP) is 4.58. The Morgan fingerprint density at radius 1 is 1.23 bits per heavy atom. The molecular weight excluding hydrogens is 438 g/mol. The number of ether oxygens (including phenoxy) is 1. The van der Waals surface area contributed by atoms with Crippen LogP contribution in [0.4, 0.5) is 5.82 Å². The number of anilines is 1. The third kappa shape index (κ3) is 3.92. The first-order valence-corrected chi connectivity index (χ1v) is 10.4. The number of thiazole rings is 1. The van der Waals surface area contributed by atoms with E-state index >= 15 is 0 Å². The van der Waals surface area contributed by atoms with Gasteiger partial charge in [-0.2, -0.15) is 0 Å². The molecule has 1 saturated heterocycles. The van der Waals surface area contributed by atoms with Gasteiger partial charge in [0, 0.05) is 13.1 Å². The van der Waals surface area contributed by atoms with Crippen LogP contribution in [-0.2, 0) is 0 Å². The molecular formula is C17H17BrClN5OS. The molecule has 0 spiro atoms. The van der Waals surface area contributed by atoms with Crippen LogP contribution >= 0.6 is 38.9 Å². The smallest absolute Gasteiger partial charge is 0.276 e. The lowest BCUT2D eigenvalue weighted by Crippen LogP contribution is -2.39. The fourth-order valence-electron chi connectivity index (χ4n) is 3.15. The highest BCUT2D eigenvalue weighted by atomic mass is 79.9. The minimum absolute atomic E-state index is 0.109. The zero-order chi connectivity index (χ0) is 18.1. The molecule has 0 bridgehead atoms. The van der Waals surface area contributed by atoms with Gasteiger partial charge >= 0.3 is 0 Å². The van der Waals surface area contributed by atoms with Gasteiger partial charge in [-0.1, -0.05) is 22.9 Å². The van der Waals surface area contributed by atoms with Crippen molar-refractivity contribution >= 4 is 55.0 Å². The molecule has 1 atom stereocenters. The Morgan fingerprint density at radius 2 is 2.04 bits per heavy atom. The van der Waals surface area contributed by atoms with Crippen LogP contribution < -0.4 is 9.64 Å². The van der Waals surface area contributed by atoms with Crippen molar-refractivity contribution in [1.82, 2.24) is 19.9 Å². The maximum absolute atomic E-state index is 6.12. The number of nitrogens with zero attached hydrogens (tertiary/aromatic N) is 5. The summed E-state index contributed by atoms with van der Waals surface area (Å²) in [6, 6.07) is 3.84. The summed E-state index contributed by atoms with van der Waals surface area (Å²) < 4.78 is 6.93. The van der Waals surface area contributed by atoms with Gasteiger partial charge in [0.15, 0.2) is 0 Å². The molecule has 1 unspecified atom stereocenters. The van der Waals surface area contributed by atoms with Gasteiger partial charge in [0.1, 0.15) is 32.0 Å². The topological polar surface area (TPSA) is 64.0 Å². The van der Waals surface area contributed by atoms with Crippen LogP contribution in [0.25, 0.3) is 10.3 Å². The Morgan fingerprint density at radius 3 is 2.77 bits per heavy atom. The van der Waals surface area contributed by atoms with Crippen molar-refractivity contribution in [3.8, 4) is 5.19 Å². The first-order chi connectivity index (χ1) is 12.6. The lowest BCUT2D eigenvalue weighted by atomic mass is 9.92. The van der Waals surface area contributed by atoms with Crippen molar-refractivity contribution in [2.75, 3.05) is 18.0 Å². The van der Waals surface area contributed by atoms with Crippen LogP contribution in [0.1, 0.15) is 19.8 Å². The Labute approximate surface area is 168 Å². The summed E-state index contributed by atoms with van der Waals surface area (Å²) >= 11 is 10.7. The largest absolute Gasteiger partial charge is 0.467 e. The SMILES string of the molecule is CC(Oc1nc2ccc(Br)nc2s1)C1CCN(c2cnc(Cl)cn2)CC1. The Bertz CT molecular complexity index is 898. The van der Waals surface area contributed by atoms with Gasteiger partial charge < -0.3 is 9.64 Å². The quantitative estimate of drug-likeness (QED) is 0.538. The summed E-state index contributed by atoms with van der Waals surface area (Å²) in [7, 11) is 0. The minimum Gasteiger partial charge on any atom is -0.467 e. The summed E-state index contributed by atoms with van der Waals surface area (Å²) in [6.07, 6.45) is 5.51. The number of hydrogen-bond acceptors (Lipinski definition) is 7. The van der Waals surface area contributed by atoms with Gasteiger partial charge in [-0.15, -0.1) is 0 Å². The molecule has 4 heterocycles. The standard InChI is InChI=1S/C17H17BrClN5OS/c1-10(25-17-22-12-2-3-13(18)23-16(12)26-17)11-4-6-24(7-5-11)15-9-20-14(19)8-21-15/h2-3,8-11H,4-7H2,1H3. The van der Waals surface area contributed by atoms with E-state index < -0.39 is 0 Å². The number of aromatic nitrogens is 4. The van der Waals surface area contributed by atoms with E-state index in [1.54, 1.807) is 12.4 Å². The van der Waals surface area contributed by atoms with E-state index in [0.717, 1.165) is 46.7 Å². The number of piperidine rings is 1. The fourth-order valence-corrected chi connectivity index (χ4v) is 4.54. The monoisotopic (exact) mass is 453 g/mol. The normalized spacial score (nSPS) is 16.8. The van der Waals surface area contributed by atoms with Gasteiger partial charge in [-0.3, -0.25) is 0 Å². The number of hydrogen-bond donors (Lipinski definition) is 0. The summed E-state index contributed by atoms with van der Waals surface area (Å²) in [4.78, 5) is 20.6. The van der Waals surface area contributed by atoms with Crippen molar-refractivity contribution in [1.29, 1.82) is 0 Å². The molecule has 0 radical (unpaired) electrons. The van der Waals surface area contributed by atoms with Crippen molar-refractivity contribution in [2.45, 2.75) is 25.9 Å². The molecule has 136 valence electrons. The maximum Gasteiger partial charge on any atom is 0.276 e. The van der Waals surface area contributed by atoms with Gasteiger partial charge in [0.05, 0.1) is 12.4 Å². The molecule has 3 aromatic heterocycles. The third-order valence-electron chi connectivity index (χ3n) is 4.62. The van der Waals surface area contributed by atoms with E-state index in [-0.39, 0.29) is 6.10 Å². The Balaban J connectivity index is 1.36. The molecule has 4 rings (SSSR count). The maximum atomic E-state index is 6.12. The van der Waals surface area contributed by atoms with Crippen LogP contribution in [0.3, 0.4) is 0 Å². The molecule has 26 heavy (non-hydrogen) atoms. The molecule has 0 aromatic carbocycles. The summed E-state index contributed by atoms with van der Waals surface area (Å²) in [5.74, 6) is 1.36. The molecule has 1 fully saturated rings. The average Bonchev–Trinajstić information content (AvgIpc) is 3.03. The molecule has 1 aliphatic rings. The lowest BCUT2D eigenvalue weighted by Gasteiger charge is -2.34. The molecule has 1 aliphatic heterocycles. The van der Waals surface area contributed by atoms with Crippen molar-refractivity contribution in [2.24, 2.45) is 5.92 Å². The minimum atomic E-state index is 0.109. The van der Waals surface area contributed by atoms with Gasteiger partial charge in [-0.05, 0) is 53.7 Å². The summed E-state index contributed by atoms with van der Waals surface area (Å²) in [5.41, 5.74) is 0.872. The molecule has 9 heteroatoms. The Hall–Kier alpha value is -1.51. The van der Waals surface area contributed by atoms with Crippen LogP contribution in [0, 0.1) is 5.92 Å². The second kappa shape index (κ2) is 7.62. The summed E-state index contributed by atoms with van der Waals surface area (Å²) in [6.45, 7) is 3.99. The van der Waals surface area contributed by atoms with Crippen LogP contribution in [0.15, 0.2) is 29.1 Å². The molecule has 6 nitrogen and oxygen atoms in total. The highest BCUT2D eigenvalue weighted by Crippen LogP contribution is 2.31. The van der Waals surface area contributed by atoms with E-state index in [1.807, 2.05) is 12.1 Å². The summed E-state index contributed by atoms with van der Waals surface area (Å²) in [5, 5.41) is 1.10. The van der Waals surface area contributed by atoms with Crippen LogP contribution in [-0.4, -0.2) is 39.1 Å². The predicted molar refractivity (Wildman–Crippen MR) is 107 cm³/mol. The second-order valence-corrected chi connectivity index (χ2v) is 8.42. The zero-order valence-corrected chi connectivity index (χ0v) is 17.3. The van der Waals surface area contributed by atoms with Crippen molar-refractivity contribution in [3.63, 3.8) is 0 Å². The molecule has 3 aromatic rings. The van der Waals surface area contributed by atoms with Crippen LogP contribution in [0.2, 0.25) is 5.15 Å². The van der Waals surface area contributed by atoms with Crippen LogP contribution in [0.5, 0.6) is 5.19 Å². The van der Waals surface area contributed by atoms with E-state index in [1.165, 1.54) is 11.3 Å². The number of rotatable bonds is 4. The molecule has 0 N–H and O–H groups in total. The average molecular weight is 455 g/mol. The number of pyridine rings is 1. The van der Waals surface area contributed by atoms with Gasteiger partial charge in [0.2, 0.25) is 0 Å². The van der Waals surface area contributed by atoms with E-state index in [4.69, 9.17) is 16.3 Å². The zero-order valence-electron chi connectivity index (χ0n) is 14.1. The highest BCUT2D eigenvalue weighted by molar-refractivity contribution is 9.10. The van der Waals surface area contributed by atoms with Gasteiger partial charge in [-0.25, -0.2) is 19.9 Å². The first-order valence-electron chi connectivity index (χ1n) is 8.41. The van der Waals surface area contributed by atoms with Gasteiger partial charge in [0.25, 0.3) is 5.19 Å². The first kappa shape index (κ1) is 17.9. The third-order valence-corrected chi connectivity index (χ3v) is 6.12. The second-order valence-electron chi connectivity index (χ2n) is 6.28. The lowest BCUT2D eigenvalue weighted by molar-refractivity contribution is 0.132. The fraction of sp³-hybridized carbons (Fsp3) is 0.412.